The van der Waals surface area contributed by atoms with Crippen molar-refractivity contribution in [3.05, 3.63) is 87.6 Å². The molecule has 0 saturated carbocycles. The molecule has 2 aromatic rings. The van der Waals surface area contributed by atoms with Gasteiger partial charge in [-0.1, -0.05) is 53.7 Å². The molecule has 0 unspecified atom stereocenters. The zero-order valence-corrected chi connectivity index (χ0v) is 21.2. The summed E-state index contributed by atoms with van der Waals surface area (Å²) in [6, 6.07) is 15.5. The number of aryl methyl sites for hydroxylation is 2. The van der Waals surface area contributed by atoms with Gasteiger partial charge in [-0.25, -0.2) is 4.99 Å². The standard InChI is InChI=1S/C28H30N4O2S/c1-18-11-12-19(2)23(15-18)26-25(27(34)30-21-9-5-4-6-10-21)20(3)29-28-32(26)22(17-35-28)16-24(33)31-13-7-8-14-31/h4-6,9-12,15,17,26H,7-8,13-14,16H2,1-3H3,(H,30,34)/t26-/m1/s1. The molecule has 2 amide bonds. The molecule has 3 aliphatic heterocycles. The molecule has 3 heterocycles. The number of carbonyl (C=O) groups excluding carboxylic acids is 2. The van der Waals surface area contributed by atoms with Crippen LogP contribution in [0.15, 0.2) is 75.9 Å². The molecule has 1 fully saturated rings. The fraction of sp³-hybridized carbons (Fsp3) is 0.321. The van der Waals surface area contributed by atoms with Crippen LogP contribution >= 0.6 is 11.8 Å². The molecule has 1 atom stereocenters. The number of amidine groups is 1. The number of fused-ring (bicyclic) bond motifs is 1. The van der Waals surface area contributed by atoms with Crippen LogP contribution in [0.1, 0.15) is 48.9 Å². The van der Waals surface area contributed by atoms with Gasteiger partial charge in [-0.05, 0) is 62.3 Å². The topological polar surface area (TPSA) is 65.0 Å². The molecule has 6 nitrogen and oxygen atoms in total. The van der Waals surface area contributed by atoms with Crippen LogP contribution in [0, 0.1) is 13.8 Å². The highest BCUT2D eigenvalue weighted by Crippen LogP contribution is 2.45. The zero-order chi connectivity index (χ0) is 24.5. The third-order valence-electron chi connectivity index (χ3n) is 6.80. The molecule has 0 aliphatic carbocycles. The molecule has 35 heavy (non-hydrogen) atoms. The summed E-state index contributed by atoms with van der Waals surface area (Å²) in [7, 11) is 0. The van der Waals surface area contributed by atoms with Gasteiger partial charge in [0.05, 0.1) is 23.7 Å². The number of thioether (sulfide) groups is 1. The van der Waals surface area contributed by atoms with E-state index in [1.807, 2.05) is 47.6 Å². The number of amides is 2. The average molecular weight is 487 g/mol. The maximum Gasteiger partial charge on any atom is 0.255 e. The Hall–Kier alpha value is -3.32. The minimum absolute atomic E-state index is 0.136. The summed E-state index contributed by atoms with van der Waals surface area (Å²) < 4.78 is 0. The van der Waals surface area contributed by atoms with E-state index in [2.05, 4.69) is 42.3 Å². The molecule has 1 saturated heterocycles. The second kappa shape index (κ2) is 9.74. The maximum absolute atomic E-state index is 13.7. The molecule has 180 valence electrons. The quantitative estimate of drug-likeness (QED) is 0.604. The lowest BCUT2D eigenvalue weighted by Gasteiger charge is -2.37. The highest BCUT2D eigenvalue weighted by Gasteiger charge is 2.41. The zero-order valence-electron chi connectivity index (χ0n) is 20.4. The van der Waals surface area contributed by atoms with E-state index in [1.54, 1.807) is 0 Å². The molecule has 0 bridgehead atoms. The SMILES string of the molecule is CC1=C(C(=O)Nc2ccccc2)[C@@H](c2cc(C)ccc2C)N2C(CC(=O)N3CCCC3)=CSC2=N1. The first-order valence-electron chi connectivity index (χ1n) is 12.1. The molecule has 7 heteroatoms. The monoisotopic (exact) mass is 486 g/mol. The molecule has 2 aromatic carbocycles. The Bertz CT molecular complexity index is 1260. The van der Waals surface area contributed by atoms with Gasteiger partial charge in [-0.3, -0.25) is 9.59 Å². The third-order valence-corrected chi connectivity index (χ3v) is 7.69. The van der Waals surface area contributed by atoms with Gasteiger partial charge in [0.25, 0.3) is 5.91 Å². The first-order valence-corrected chi connectivity index (χ1v) is 13.0. The van der Waals surface area contributed by atoms with Crippen LogP contribution in [0.5, 0.6) is 0 Å². The van der Waals surface area contributed by atoms with E-state index in [-0.39, 0.29) is 17.9 Å². The smallest absolute Gasteiger partial charge is 0.255 e. The minimum Gasteiger partial charge on any atom is -0.342 e. The fourth-order valence-electron chi connectivity index (χ4n) is 4.96. The minimum atomic E-state index is -0.362. The predicted octanol–water partition coefficient (Wildman–Crippen LogP) is 5.53. The number of likely N-dealkylation sites (tertiary alicyclic amines) is 1. The van der Waals surface area contributed by atoms with E-state index in [9.17, 15) is 9.59 Å². The second-order valence-corrected chi connectivity index (χ2v) is 10.2. The van der Waals surface area contributed by atoms with E-state index in [1.165, 1.54) is 11.8 Å². The summed E-state index contributed by atoms with van der Waals surface area (Å²) in [5.74, 6) is -0.0404. The van der Waals surface area contributed by atoms with Crippen molar-refractivity contribution in [2.24, 2.45) is 4.99 Å². The Morgan fingerprint density at radius 3 is 2.54 bits per heavy atom. The van der Waals surface area contributed by atoms with Crippen molar-refractivity contribution in [1.82, 2.24) is 9.80 Å². The number of hydrogen-bond acceptors (Lipinski definition) is 5. The summed E-state index contributed by atoms with van der Waals surface area (Å²) >= 11 is 1.53. The number of anilines is 1. The van der Waals surface area contributed by atoms with Gasteiger partial charge in [0.2, 0.25) is 5.91 Å². The van der Waals surface area contributed by atoms with Crippen LogP contribution in [0.2, 0.25) is 0 Å². The van der Waals surface area contributed by atoms with Gasteiger partial charge in [0.15, 0.2) is 5.17 Å². The Morgan fingerprint density at radius 1 is 1.06 bits per heavy atom. The number of benzene rings is 2. The number of nitrogens with zero attached hydrogens (tertiary/aromatic N) is 3. The van der Waals surface area contributed by atoms with E-state index in [4.69, 9.17) is 4.99 Å². The summed E-state index contributed by atoms with van der Waals surface area (Å²) in [6.07, 6.45) is 2.43. The number of aliphatic imine (C=N–C) groups is 1. The van der Waals surface area contributed by atoms with Crippen molar-refractivity contribution in [2.75, 3.05) is 18.4 Å². The molecule has 0 radical (unpaired) electrons. The molecule has 0 spiro atoms. The van der Waals surface area contributed by atoms with Crippen molar-refractivity contribution >= 4 is 34.4 Å². The van der Waals surface area contributed by atoms with Gasteiger partial charge in [-0.15, -0.1) is 0 Å². The first-order chi connectivity index (χ1) is 16.9. The number of para-hydroxylation sites is 1. The predicted molar refractivity (Wildman–Crippen MR) is 142 cm³/mol. The van der Waals surface area contributed by atoms with Gasteiger partial charge in [0.1, 0.15) is 0 Å². The fourth-order valence-corrected chi connectivity index (χ4v) is 5.93. The number of hydrogen-bond donors (Lipinski definition) is 1. The summed E-state index contributed by atoms with van der Waals surface area (Å²) in [6.45, 7) is 7.68. The number of allylic oxidation sites excluding steroid dienone is 1. The summed E-state index contributed by atoms with van der Waals surface area (Å²) in [4.78, 5) is 35.7. The lowest BCUT2D eigenvalue weighted by atomic mass is 9.89. The second-order valence-electron chi connectivity index (χ2n) is 9.34. The van der Waals surface area contributed by atoms with Crippen molar-refractivity contribution in [1.29, 1.82) is 0 Å². The maximum atomic E-state index is 13.7. The van der Waals surface area contributed by atoms with E-state index in [0.29, 0.717) is 17.7 Å². The average Bonchev–Trinajstić information content (AvgIpc) is 3.51. The van der Waals surface area contributed by atoms with Crippen molar-refractivity contribution in [3.8, 4) is 0 Å². The lowest BCUT2D eigenvalue weighted by molar-refractivity contribution is -0.129. The first kappa shape index (κ1) is 23.4. The number of carbonyl (C=O) groups is 2. The van der Waals surface area contributed by atoms with Crippen LogP contribution < -0.4 is 5.32 Å². The molecule has 1 N–H and O–H groups in total. The molecule has 5 rings (SSSR count). The third kappa shape index (κ3) is 4.65. The van der Waals surface area contributed by atoms with Gasteiger partial charge in [0, 0.05) is 24.5 Å². The van der Waals surface area contributed by atoms with Crippen molar-refractivity contribution in [3.63, 3.8) is 0 Å². The largest absolute Gasteiger partial charge is 0.342 e. The highest BCUT2D eigenvalue weighted by atomic mass is 32.2. The Morgan fingerprint density at radius 2 is 1.80 bits per heavy atom. The van der Waals surface area contributed by atoms with Crippen LogP contribution in [0.4, 0.5) is 5.69 Å². The molecular formula is C28H30N4O2S. The summed E-state index contributed by atoms with van der Waals surface area (Å²) in [5, 5.41) is 5.90. The molecular weight excluding hydrogens is 456 g/mol. The van der Waals surface area contributed by atoms with Crippen molar-refractivity contribution in [2.45, 2.75) is 46.1 Å². The van der Waals surface area contributed by atoms with E-state index in [0.717, 1.165) is 59.2 Å². The van der Waals surface area contributed by atoms with Crippen LogP contribution in [-0.4, -0.2) is 39.9 Å². The van der Waals surface area contributed by atoms with Crippen LogP contribution in [0.25, 0.3) is 0 Å². The van der Waals surface area contributed by atoms with E-state index >= 15 is 0 Å². The number of nitrogens with one attached hydrogen (secondary N) is 1. The van der Waals surface area contributed by atoms with Crippen molar-refractivity contribution < 1.29 is 9.59 Å². The lowest BCUT2D eigenvalue weighted by Crippen LogP contribution is -2.39. The molecule has 0 aromatic heterocycles. The normalized spacial score (nSPS) is 19.5. The van der Waals surface area contributed by atoms with Crippen LogP contribution in [0.3, 0.4) is 0 Å². The van der Waals surface area contributed by atoms with Gasteiger partial charge in [-0.2, -0.15) is 0 Å². The van der Waals surface area contributed by atoms with Gasteiger partial charge >= 0.3 is 0 Å². The summed E-state index contributed by atoms with van der Waals surface area (Å²) in [5.41, 5.74) is 6.22. The van der Waals surface area contributed by atoms with Crippen LogP contribution in [-0.2, 0) is 9.59 Å². The van der Waals surface area contributed by atoms with Gasteiger partial charge < -0.3 is 15.1 Å². The highest BCUT2D eigenvalue weighted by molar-refractivity contribution is 8.16. The Kier molecular flexibility index (Phi) is 6.52. The Balaban J connectivity index is 1.55. The Labute approximate surface area is 210 Å². The molecule has 3 aliphatic rings. The number of rotatable bonds is 5. The van der Waals surface area contributed by atoms with E-state index < -0.39 is 0 Å².